The van der Waals surface area contributed by atoms with Crippen molar-refractivity contribution in [1.29, 1.82) is 0 Å². The first-order chi connectivity index (χ1) is 9.27. The van der Waals surface area contributed by atoms with Gasteiger partial charge in [0.1, 0.15) is 0 Å². The van der Waals surface area contributed by atoms with Crippen LogP contribution in [0, 0.1) is 0 Å². The Kier molecular flexibility index (Phi) is 7.93. The average molecular weight is 267 g/mol. The molecule has 0 saturated heterocycles. The molecule has 0 unspecified atom stereocenters. The third-order valence-electron chi connectivity index (χ3n) is 2.85. The highest BCUT2D eigenvalue weighted by Crippen LogP contribution is 2.03. The Balaban J connectivity index is 2.13. The summed E-state index contributed by atoms with van der Waals surface area (Å²) in [5, 5.41) is 6.09. The number of ether oxygens (including phenoxy) is 1. The summed E-state index contributed by atoms with van der Waals surface area (Å²) in [5.74, 6) is 0.0634. The highest BCUT2D eigenvalue weighted by molar-refractivity contribution is 5.75. The number of nitrogens with one attached hydrogen (secondary N) is 2. The number of methoxy groups -OCH3 is 1. The van der Waals surface area contributed by atoms with Gasteiger partial charge < -0.3 is 19.9 Å². The molecular weight excluding hydrogens is 242 g/mol. The monoisotopic (exact) mass is 267 g/mol. The lowest BCUT2D eigenvalue weighted by Gasteiger charge is -2.09. The standard InChI is InChI=1S/C14H25N3O2/c1-3-9-17-10-4-5-13(17)12-15-7-6-14(18)16-8-11-19-2/h4-5,10,15H,3,6-9,11-12H2,1-2H3,(H,16,18). The van der Waals surface area contributed by atoms with E-state index in [-0.39, 0.29) is 5.91 Å². The fourth-order valence-corrected chi connectivity index (χ4v) is 1.87. The highest BCUT2D eigenvalue weighted by atomic mass is 16.5. The number of rotatable bonds is 10. The van der Waals surface area contributed by atoms with Gasteiger partial charge in [-0.15, -0.1) is 0 Å². The van der Waals surface area contributed by atoms with Gasteiger partial charge in [-0.2, -0.15) is 0 Å². The molecular formula is C14H25N3O2. The van der Waals surface area contributed by atoms with Crippen LogP contribution in [0.4, 0.5) is 0 Å². The second-order valence-electron chi connectivity index (χ2n) is 4.46. The van der Waals surface area contributed by atoms with Crippen LogP contribution in [-0.4, -0.2) is 37.3 Å². The lowest BCUT2D eigenvalue weighted by molar-refractivity contribution is -0.121. The fraction of sp³-hybridized carbons (Fsp3) is 0.643. The molecule has 19 heavy (non-hydrogen) atoms. The van der Waals surface area contributed by atoms with Gasteiger partial charge >= 0.3 is 0 Å². The summed E-state index contributed by atoms with van der Waals surface area (Å²) < 4.78 is 7.11. The summed E-state index contributed by atoms with van der Waals surface area (Å²) >= 11 is 0. The largest absolute Gasteiger partial charge is 0.383 e. The van der Waals surface area contributed by atoms with E-state index in [1.165, 1.54) is 5.69 Å². The molecule has 0 bridgehead atoms. The van der Waals surface area contributed by atoms with E-state index in [0.29, 0.717) is 26.1 Å². The smallest absolute Gasteiger partial charge is 0.221 e. The van der Waals surface area contributed by atoms with Crippen molar-refractivity contribution in [2.24, 2.45) is 0 Å². The zero-order valence-electron chi connectivity index (χ0n) is 11.9. The number of amides is 1. The molecule has 1 amide bonds. The van der Waals surface area contributed by atoms with Crippen LogP contribution in [0.25, 0.3) is 0 Å². The zero-order valence-corrected chi connectivity index (χ0v) is 11.9. The number of aryl methyl sites for hydroxylation is 1. The average Bonchev–Trinajstić information content (AvgIpc) is 2.83. The Bertz CT molecular complexity index is 363. The first kappa shape index (κ1) is 15.7. The number of carbonyl (C=O) groups is 1. The summed E-state index contributed by atoms with van der Waals surface area (Å²) in [7, 11) is 1.62. The lowest BCUT2D eigenvalue weighted by atomic mass is 10.3. The molecule has 0 radical (unpaired) electrons. The number of aromatic nitrogens is 1. The van der Waals surface area contributed by atoms with Gasteiger partial charge in [-0.25, -0.2) is 0 Å². The van der Waals surface area contributed by atoms with Gasteiger partial charge in [-0.05, 0) is 18.6 Å². The number of nitrogens with zero attached hydrogens (tertiary/aromatic N) is 1. The van der Waals surface area contributed by atoms with E-state index in [9.17, 15) is 4.79 Å². The van der Waals surface area contributed by atoms with Crippen LogP contribution in [-0.2, 0) is 22.6 Å². The topological polar surface area (TPSA) is 55.3 Å². The third-order valence-corrected chi connectivity index (χ3v) is 2.85. The molecule has 0 fully saturated rings. The molecule has 1 rings (SSSR count). The third kappa shape index (κ3) is 6.40. The quantitative estimate of drug-likeness (QED) is 0.625. The van der Waals surface area contributed by atoms with Gasteiger partial charge in [0, 0.05) is 51.6 Å². The summed E-state index contributed by atoms with van der Waals surface area (Å²) in [6.07, 6.45) is 3.72. The summed E-state index contributed by atoms with van der Waals surface area (Å²) in [5.41, 5.74) is 1.27. The summed E-state index contributed by atoms with van der Waals surface area (Å²) in [6, 6.07) is 4.17. The highest BCUT2D eigenvalue weighted by Gasteiger charge is 2.02. The minimum absolute atomic E-state index is 0.0634. The predicted molar refractivity (Wildman–Crippen MR) is 75.9 cm³/mol. The minimum Gasteiger partial charge on any atom is -0.383 e. The first-order valence-corrected chi connectivity index (χ1v) is 6.88. The Morgan fingerprint density at radius 3 is 3.00 bits per heavy atom. The van der Waals surface area contributed by atoms with E-state index in [1.807, 2.05) is 0 Å². The molecule has 1 heterocycles. The Labute approximate surface area is 115 Å². The number of hydrogen-bond acceptors (Lipinski definition) is 3. The number of carbonyl (C=O) groups excluding carboxylic acids is 1. The Hall–Kier alpha value is -1.33. The van der Waals surface area contributed by atoms with Crippen LogP contribution in [0.3, 0.4) is 0 Å². The molecule has 0 atom stereocenters. The van der Waals surface area contributed by atoms with Gasteiger partial charge in [-0.3, -0.25) is 4.79 Å². The molecule has 0 aliphatic carbocycles. The Morgan fingerprint density at radius 1 is 1.42 bits per heavy atom. The van der Waals surface area contributed by atoms with Crippen molar-refractivity contribution in [3.63, 3.8) is 0 Å². The zero-order chi connectivity index (χ0) is 13.9. The molecule has 0 aliphatic rings. The predicted octanol–water partition coefficient (Wildman–Crippen LogP) is 1.14. The van der Waals surface area contributed by atoms with E-state index < -0.39 is 0 Å². The molecule has 108 valence electrons. The van der Waals surface area contributed by atoms with E-state index in [0.717, 1.165) is 19.5 Å². The van der Waals surface area contributed by atoms with Gasteiger partial charge in [0.15, 0.2) is 0 Å². The SMILES string of the molecule is CCCn1cccc1CNCCC(=O)NCCOC. The van der Waals surface area contributed by atoms with Gasteiger partial charge in [0.05, 0.1) is 6.61 Å². The van der Waals surface area contributed by atoms with E-state index in [2.05, 4.69) is 40.5 Å². The van der Waals surface area contributed by atoms with Crippen molar-refractivity contribution in [3.8, 4) is 0 Å². The van der Waals surface area contributed by atoms with Crippen LogP contribution >= 0.6 is 0 Å². The molecule has 0 aliphatic heterocycles. The number of hydrogen-bond donors (Lipinski definition) is 2. The van der Waals surface area contributed by atoms with E-state index in [1.54, 1.807) is 7.11 Å². The van der Waals surface area contributed by atoms with Crippen molar-refractivity contribution in [2.45, 2.75) is 32.9 Å². The van der Waals surface area contributed by atoms with Crippen molar-refractivity contribution >= 4 is 5.91 Å². The maximum Gasteiger partial charge on any atom is 0.221 e. The van der Waals surface area contributed by atoms with Crippen LogP contribution in [0.15, 0.2) is 18.3 Å². The first-order valence-electron chi connectivity index (χ1n) is 6.88. The normalized spacial score (nSPS) is 10.6. The second kappa shape index (κ2) is 9.58. The molecule has 1 aromatic rings. The molecule has 1 aromatic heterocycles. The van der Waals surface area contributed by atoms with Crippen molar-refractivity contribution in [1.82, 2.24) is 15.2 Å². The maximum absolute atomic E-state index is 11.4. The lowest BCUT2D eigenvalue weighted by Crippen LogP contribution is -2.30. The van der Waals surface area contributed by atoms with Gasteiger partial charge in [-0.1, -0.05) is 6.92 Å². The van der Waals surface area contributed by atoms with Crippen LogP contribution < -0.4 is 10.6 Å². The van der Waals surface area contributed by atoms with Crippen molar-refractivity contribution in [3.05, 3.63) is 24.0 Å². The van der Waals surface area contributed by atoms with Gasteiger partial charge in [0.25, 0.3) is 0 Å². The van der Waals surface area contributed by atoms with E-state index in [4.69, 9.17) is 4.74 Å². The fourth-order valence-electron chi connectivity index (χ4n) is 1.87. The van der Waals surface area contributed by atoms with Crippen molar-refractivity contribution < 1.29 is 9.53 Å². The minimum atomic E-state index is 0.0634. The summed E-state index contributed by atoms with van der Waals surface area (Å²) in [4.78, 5) is 11.4. The molecule has 0 saturated carbocycles. The molecule has 0 spiro atoms. The van der Waals surface area contributed by atoms with Crippen LogP contribution in [0.5, 0.6) is 0 Å². The second-order valence-corrected chi connectivity index (χ2v) is 4.46. The van der Waals surface area contributed by atoms with Gasteiger partial charge in [0.2, 0.25) is 5.91 Å². The summed E-state index contributed by atoms with van der Waals surface area (Å²) in [6.45, 7) is 5.84. The van der Waals surface area contributed by atoms with Crippen LogP contribution in [0.2, 0.25) is 0 Å². The molecule has 5 heteroatoms. The Morgan fingerprint density at radius 2 is 2.26 bits per heavy atom. The van der Waals surface area contributed by atoms with Crippen molar-refractivity contribution in [2.75, 3.05) is 26.8 Å². The van der Waals surface area contributed by atoms with E-state index >= 15 is 0 Å². The molecule has 0 aromatic carbocycles. The molecule has 5 nitrogen and oxygen atoms in total. The molecule has 2 N–H and O–H groups in total. The maximum atomic E-state index is 11.4. The van der Waals surface area contributed by atoms with Crippen LogP contribution in [0.1, 0.15) is 25.5 Å².